The third kappa shape index (κ3) is 10.1. The van der Waals surface area contributed by atoms with Gasteiger partial charge in [0.05, 0.1) is 0 Å². The van der Waals surface area contributed by atoms with E-state index in [0.29, 0.717) is 0 Å². The first-order valence-electron chi connectivity index (χ1n) is 0.940. The Kier molecular flexibility index (Phi) is 6.56. The highest BCUT2D eigenvalue weighted by Gasteiger charge is 1.73. The SMILES string of the molecule is Cl.N=NC(N)=O. The van der Waals surface area contributed by atoms with Crippen molar-refractivity contribution in [3.63, 3.8) is 0 Å². The van der Waals surface area contributed by atoms with Crippen molar-refractivity contribution in [3.05, 3.63) is 0 Å². The van der Waals surface area contributed by atoms with Crippen molar-refractivity contribution in [1.29, 1.82) is 5.53 Å². The van der Waals surface area contributed by atoms with Gasteiger partial charge in [0.25, 0.3) is 0 Å². The average Bonchev–Trinajstić information content (AvgIpc) is 1.38. The Labute approximate surface area is 40.6 Å². The van der Waals surface area contributed by atoms with Crippen LogP contribution in [0.5, 0.6) is 0 Å². The van der Waals surface area contributed by atoms with Gasteiger partial charge in [-0.05, 0) is 0 Å². The summed E-state index contributed by atoms with van der Waals surface area (Å²) in [6, 6.07) is -0.954. The lowest BCUT2D eigenvalue weighted by Crippen LogP contribution is -2.00. The van der Waals surface area contributed by atoms with E-state index in [1.54, 1.807) is 0 Å². The largest absolute Gasteiger partial charge is 0.356 e. The molecule has 0 unspecified atom stereocenters. The van der Waals surface area contributed by atoms with Crippen LogP contribution in [0.15, 0.2) is 5.11 Å². The fourth-order valence-electron chi connectivity index (χ4n) is 0. The fraction of sp³-hybridized carbons (Fsp3) is 0. The second kappa shape index (κ2) is 4.36. The van der Waals surface area contributed by atoms with Gasteiger partial charge in [-0.2, -0.15) is 5.53 Å². The number of urea groups is 1. The van der Waals surface area contributed by atoms with Gasteiger partial charge in [0, 0.05) is 0 Å². The Morgan fingerprint density at radius 1 is 1.83 bits per heavy atom. The zero-order valence-corrected chi connectivity index (χ0v) is 3.66. The van der Waals surface area contributed by atoms with E-state index in [1.807, 2.05) is 0 Å². The molecule has 3 N–H and O–H groups in total. The Balaban J connectivity index is 0. The van der Waals surface area contributed by atoms with Crippen molar-refractivity contribution in [3.8, 4) is 0 Å². The number of nitrogens with zero attached hydrogens (tertiary/aromatic N) is 1. The second-order valence-corrected chi connectivity index (χ2v) is 0.450. The minimum atomic E-state index is -0.954. The summed E-state index contributed by atoms with van der Waals surface area (Å²) in [4.78, 5) is 9.24. The summed E-state index contributed by atoms with van der Waals surface area (Å²) in [5.41, 5.74) is 10.1. The molecule has 6 heavy (non-hydrogen) atoms. The standard InChI is InChI=1S/CH3N3O.ClH/c2-1(5)4-3;/h3H,(H2,2,5);1H. The average molecular weight is 110 g/mol. The summed E-state index contributed by atoms with van der Waals surface area (Å²) in [5, 5.41) is 2.28. The third-order valence-electron chi connectivity index (χ3n) is 0.110. The molecular weight excluding hydrogens is 105 g/mol. The van der Waals surface area contributed by atoms with Crippen LogP contribution in [-0.2, 0) is 0 Å². The maximum absolute atomic E-state index is 9.24. The number of hydrogen-bond donors (Lipinski definition) is 2. The molecule has 0 aromatic rings. The molecule has 0 atom stereocenters. The molecule has 0 aromatic carbocycles. The number of hydrogen-bond acceptors (Lipinski definition) is 2. The highest BCUT2D eigenvalue weighted by atomic mass is 35.5. The molecule has 5 heteroatoms. The summed E-state index contributed by atoms with van der Waals surface area (Å²) in [6.07, 6.45) is 0. The van der Waals surface area contributed by atoms with Gasteiger partial charge < -0.3 is 5.73 Å². The van der Waals surface area contributed by atoms with E-state index in [-0.39, 0.29) is 12.4 Å². The number of halogens is 1. The van der Waals surface area contributed by atoms with Crippen molar-refractivity contribution >= 4 is 18.4 Å². The number of carbonyl (C=O) groups is 1. The van der Waals surface area contributed by atoms with Crippen LogP contribution in [-0.4, -0.2) is 6.03 Å². The summed E-state index contributed by atoms with van der Waals surface area (Å²) >= 11 is 0. The van der Waals surface area contributed by atoms with Crippen molar-refractivity contribution in [1.82, 2.24) is 0 Å². The third-order valence-corrected chi connectivity index (χ3v) is 0.110. The summed E-state index contributed by atoms with van der Waals surface area (Å²) < 4.78 is 0. The highest BCUT2D eigenvalue weighted by molar-refractivity contribution is 5.85. The predicted molar refractivity (Wildman–Crippen MR) is 22.0 cm³/mol. The van der Waals surface area contributed by atoms with Crippen LogP contribution in [0.2, 0.25) is 0 Å². The van der Waals surface area contributed by atoms with Crippen LogP contribution in [0.25, 0.3) is 0 Å². The summed E-state index contributed by atoms with van der Waals surface area (Å²) in [7, 11) is 0. The Morgan fingerprint density at radius 2 is 2.00 bits per heavy atom. The van der Waals surface area contributed by atoms with Crippen LogP contribution < -0.4 is 5.73 Å². The molecule has 0 aromatic heterocycles. The smallest absolute Gasteiger partial charge is 0.348 e. The van der Waals surface area contributed by atoms with Crippen LogP contribution in [0.1, 0.15) is 0 Å². The zero-order valence-electron chi connectivity index (χ0n) is 2.84. The van der Waals surface area contributed by atoms with Crippen LogP contribution in [0, 0.1) is 5.53 Å². The normalized spacial score (nSPS) is 5.33. The maximum atomic E-state index is 9.24. The van der Waals surface area contributed by atoms with E-state index in [2.05, 4.69) is 10.8 Å². The molecule has 0 saturated carbocycles. The molecule has 0 aliphatic heterocycles. The van der Waals surface area contributed by atoms with Crippen LogP contribution in [0.3, 0.4) is 0 Å². The van der Waals surface area contributed by atoms with Gasteiger partial charge in [-0.25, -0.2) is 4.79 Å². The molecular formula is CH4ClN3O. The lowest BCUT2D eigenvalue weighted by molar-refractivity contribution is 0.255. The van der Waals surface area contributed by atoms with Crippen molar-refractivity contribution in [2.45, 2.75) is 0 Å². The molecule has 0 heterocycles. The van der Waals surface area contributed by atoms with Crippen molar-refractivity contribution < 1.29 is 4.79 Å². The van der Waals surface area contributed by atoms with Gasteiger partial charge in [-0.3, -0.25) is 0 Å². The van der Waals surface area contributed by atoms with Gasteiger partial charge in [-0.15, -0.1) is 12.4 Å². The van der Waals surface area contributed by atoms with E-state index in [1.165, 1.54) is 0 Å². The maximum Gasteiger partial charge on any atom is 0.356 e. The van der Waals surface area contributed by atoms with E-state index in [4.69, 9.17) is 5.53 Å². The lowest BCUT2D eigenvalue weighted by Gasteiger charge is -1.63. The number of primary amides is 1. The molecule has 36 valence electrons. The molecule has 0 spiro atoms. The monoisotopic (exact) mass is 109 g/mol. The first-order valence-corrected chi connectivity index (χ1v) is 0.940. The summed E-state index contributed by atoms with van der Waals surface area (Å²) in [5.74, 6) is 0. The lowest BCUT2D eigenvalue weighted by atomic mass is 11.2. The molecule has 0 radical (unpaired) electrons. The molecule has 0 aliphatic carbocycles. The zero-order chi connectivity index (χ0) is 4.28. The minimum absolute atomic E-state index is 0. The molecule has 0 rings (SSSR count). The van der Waals surface area contributed by atoms with Crippen LogP contribution >= 0.6 is 12.4 Å². The van der Waals surface area contributed by atoms with Crippen molar-refractivity contribution in [2.75, 3.05) is 0 Å². The quantitative estimate of drug-likeness (QED) is 0.437. The number of carbonyl (C=O) groups excluding carboxylic acids is 1. The van der Waals surface area contributed by atoms with Gasteiger partial charge in [-0.1, -0.05) is 5.11 Å². The number of rotatable bonds is 0. The molecule has 0 aliphatic rings. The topological polar surface area (TPSA) is 79.3 Å². The molecule has 4 nitrogen and oxygen atoms in total. The highest BCUT2D eigenvalue weighted by Crippen LogP contribution is 1.55. The van der Waals surface area contributed by atoms with Gasteiger partial charge >= 0.3 is 6.03 Å². The van der Waals surface area contributed by atoms with Gasteiger partial charge in [0.1, 0.15) is 0 Å². The minimum Gasteiger partial charge on any atom is -0.348 e. The Morgan fingerprint density at radius 3 is 2.00 bits per heavy atom. The Hall–Kier alpha value is -0.640. The molecule has 0 bridgehead atoms. The van der Waals surface area contributed by atoms with E-state index < -0.39 is 6.03 Å². The fourth-order valence-corrected chi connectivity index (χ4v) is 0. The predicted octanol–water partition coefficient (Wildman–Crippen LogP) is 0.518. The molecule has 0 fully saturated rings. The Bertz CT molecular complexity index is 61.8. The molecule has 2 amide bonds. The van der Waals surface area contributed by atoms with Gasteiger partial charge in [0.2, 0.25) is 0 Å². The first kappa shape index (κ1) is 9.03. The van der Waals surface area contributed by atoms with Crippen molar-refractivity contribution in [2.24, 2.45) is 10.8 Å². The van der Waals surface area contributed by atoms with Crippen LogP contribution in [0.4, 0.5) is 4.79 Å². The van der Waals surface area contributed by atoms with E-state index in [0.717, 1.165) is 0 Å². The summed E-state index contributed by atoms with van der Waals surface area (Å²) in [6.45, 7) is 0. The van der Waals surface area contributed by atoms with E-state index >= 15 is 0 Å². The van der Waals surface area contributed by atoms with Gasteiger partial charge in [0.15, 0.2) is 0 Å². The number of nitrogens with two attached hydrogens (primary N) is 1. The number of nitrogens with one attached hydrogen (secondary N) is 1. The second-order valence-electron chi connectivity index (χ2n) is 0.450. The number of amides is 2. The van der Waals surface area contributed by atoms with E-state index in [9.17, 15) is 4.79 Å². The first-order chi connectivity index (χ1) is 2.27. The molecule has 0 saturated heterocycles.